The maximum absolute atomic E-state index is 11.8. The lowest BCUT2D eigenvalue weighted by Gasteiger charge is -2.13. The van der Waals surface area contributed by atoms with Crippen molar-refractivity contribution in [3.63, 3.8) is 0 Å². The van der Waals surface area contributed by atoms with Gasteiger partial charge < -0.3 is 15.2 Å². The van der Waals surface area contributed by atoms with Gasteiger partial charge in [0.05, 0.1) is 0 Å². The van der Waals surface area contributed by atoms with Crippen molar-refractivity contribution in [2.75, 3.05) is 26.2 Å². The Labute approximate surface area is 106 Å². The maximum atomic E-state index is 11.8. The van der Waals surface area contributed by atoms with Crippen molar-refractivity contribution < 1.29 is 4.79 Å². The summed E-state index contributed by atoms with van der Waals surface area (Å²) in [7, 11) is 0. The second-order valence-corrected chi connectivity index (χ2v) is 4.69. The van der Waals surface area contributed by atoms with Crippen LogP contribution in [0.25, 0.3) is 0 Å². The third-order valence-electron chi connectivity index (χ3n) is 3.38. The van der Waals surface area contributed by atoms with Gasteiger partial charge in [-0.3, -0.25) is 9.59 Å². The van der Waals surface area contributed by atoms with Gasteiger partial charge in [-0.25, -0.2) is 0 Å². The summed E-state index contributed by atoms with van der Waals surface area (Å²) in [5, 5.41) is 2.88. The molecule has 2 rings (SSSR count). The minimum Gasteiger partial charge on any atom is -0.350 e. The van der Waals surface area contributed by atoms with Crippen molar-refractivity contribution in [3.8, 4) is 0 Å². The summed E-state index contributed by atoms with van der Waals surface area (Å²) in [6.07, 6.45) is 1.12. The number of hydrogen-bond acceptors (Lipinski definition) is 3. The second kappa shape index (κ2) is 5.82. The first-order valence-electron chi connectivity index (χ1n) is 6.39. The fraction of sp³-hybridized carbons (Fsp3) is 0.538. The van der Waals surface area contributed by atoms with Crippen LogP contribution in [0.1, 0.15) is 23.8 Å². The van der Waals surface area contributed by atoms with Crippen molar-refractivity contribution in [2.24, 2.45) is 5.92 Å². The Bertz CT molecular complexity index is 469. The van der Waals surface area contributed by atoms with Gasteiger partial charge >= 0.3 is 0 Å². The van der Waals surface area contributed by atoms with E-state index in [-0.39, 0.29) is 11.5 Å². The Balaban J connectivity index is 1.84. The molecule has 1 saturated heterocycles. The molecule has 1 atom stereocenters. The van der Waals surface area contributed by atoms with Crippen molar-refractivity contribution in [2.45, 2.75) is 13.3 Å². The van der Waals surface area contributed by atoms with Gasteiger partial charge in [0, 0.05) is 19.2 Å². The van der Waals surface area contributed by atoms with Crippen molar-refractivity contribution in [1.29, 1.82) is 0 Å². The number of rotatable bonds is 4. The average Bonchev–Trinajstić information content (AvgIpc) is 2.84. The Kier molecular flexibility index (Phi) is 4.15. The largest absolute Gasteiger partial charge is 0.350 e. The van der Waals surface area contributed by atoms with Gasteiger partial charge in [-0.2, -0.15) is 0 Å². The molecule has 5 nitrogen and oxygen atoms in total. The average molecular weight is 249 g/mol. The van der Waals surface area contributed by atoms with E-state index in [4.69, 9.17) is 0 Å². The van der Waals surface area contributed by atoms with Crippen LogP contribution in [0.4, 0.5) is 0 Å². The lowest BCUT2D eigenvalue weighted by molar-refractivity contribution is 0.0942. The highest BCUT2D eigenvalue weighted by Crippen LogP contribution is 2.14. The zero-order chi connectivity index (χ0) is 13.0. The quantitative estimate of drug-likeness (QED) is 0.814. The number of amides is 1. The minimum atomic E-state index is -0.249. The normalized spacial score (nSPS) is 19.9. The summed E-state index contributed by atoms with van der Waals surface area (Å²) in [4.78, 5) is 27.8. The monoisotopic (exact) mass is 249 g/mol. The van der Waals surface area contributed by atoms with Crippen LogP contribution in [0.15, 0.2) is 23.0 Å². The van der Waals surface area contributed by atoms with Crippen LogP contribution in [-0.4, -0.2) is 42.0 Å². The number of nitrogens with zero attached hydrogens (tertiary/aromatic N) is 1. The molecule has 0 saturated carbocycles. The van der Waals surface area contributed by atoms with Gasteiger partial charge in [0.2, 0.25) is 5.56 Å². The van der Waals surface area contributed by atoms with Crippen LogP contribution < -0.4 is 10.9 Å². The Morgan fingerprint density at radius 3 is 3.06 bits per heavy atom. The third kappa shape index (κ3) is 3.20. The van der Waals surface area contributed by atoms with E-state index in [0.29, 0.717) is 18.2 Å². The molecule has 2 heterocycles. The van der Waals surface area contributed by atoms with Gasteiger partial charge in [0.25, 0.3) is 5.91 Å². The molecule has 18 heavy (non-hydrogen) atoms. The fourth-order valence-corrected chi connectivity index (χ4v) is 2.28. The molecule has 1 aromatic rings. The van der Waals surface area contributed by atoms with Gasteiger partial charge in [0.1, 0.15) is 5.69 Å². The van der Waals surface area contributed by atoms with Crippen molar-refractivity contribution in [1.82, 2.24) is 15.2 Å². The first-order valence-corrected chi connectivity index (χ1v) is 6.39. The number of aromatic amines is 1. The molecule has 0 bridgehead atoms. The first kappa shape index (κ1) is 12.8. The highest BCUT2D eigenvalue weighted by atomic mass is 16.2. The number of pyridine rings is 1. The topological polar surface area (TPSA) is 65.2 Å². The van der Waals surface area contributed by atoms with E-state index in [9.17, 15) is 9.59 Å². The highest BCUT2D eigenvalue weighted by molar-refractivity contribution is 5.92. The predicted molar refractivity (Wildman–Crippen MR) is 69.6 cm³/mol. The Morgan fingerprint density at radius 1 is 1.56 bits per heavy atom. The molecule has 1 aliphatic heterocycles. The zero-order valence-corrected chi connectivity index (χ0v) is 10.6. The molecule has 1 aromatic heterocycles. The molecular formula is C13H19N3O2. The summed E-state index contributed by atoms with van der Waals surface area (Å²) >= 11 is 0. The summed E-state index contributed by atoms with van der Waals surface area (Å²) < 4.78 is 0. The number of carbonyl (C=O) groups excluding carboxylic acids is 1. The van der Waals surface area contributed by atoms with Crippen LogP contribution in [0, 0.1) is 5.92 Å². The highest BCUT2D eigenvalue weighted by Gasteiger charge is 2.21. The van der Waals surface area contributed by atoms with E-state index in [1.54, 1.807) is 12.1 Å². The second-order valence-electron chi connectivity index (χ2n) is 4.69. The predicted octanol–water partition coefficient (Wildman–Crippen LogP) is 0.447. The van der Waals surface area contributed by atoms with E-state index < -0.39 is 0 Å². The van der Waals surface area contributed by atoms with Crippen LogP contribution >= 0.6 is 0 Å². The Hall–Kier alpha value is -1.62. The smallest absolute Gasteiger partial charge is 0.267 e. The number of aromatic nitrogens is 1. The molecule has 1 aliphatic rings. The molecule has 0 spiro atoms. The van der Waals surface area contributed by atoms with Gasteiger partial charge in [-0.15, -0.1) is 0 Å². The van der Waals surface area contributed by atoms with E-state index in [2.05, 4.69) is 22.1 Å². The van der Waals surface area contributed by atoms with E-state index in [1.165, 1.54) is 6.07 Å². The molecule has 98 valence electrons. The first-order chi connectivity index (χ1) is 8.69. The zero-order valence-electron chi connectivity index (χ0n) is 10.6. The molecule has 0 aliphatic carbocycles. The number of H-pyrrole nitrogens is 1. The van der Waals surface area contributed by atoms with E-state index in [0.717, 1.165) is 26.1 Å². The molecule has 1 amide bonds. The molecular weight excluding hydrogens is 230 g/mol. The van der Waals surface area contributed by atoms with Crippen LogP contribution in [0.5, 0.6) is 0 Å². The van der Waals surface area contributed by atoms with Crippen LogP contribution in [0.2, 0.25) is 0 Å². The molecule has 1 fully saturated rings. The molecule has 0 radical (unpaired) electrons. The molecule has 5 heteroatoms. The van der Waals surface area contributed by atoms with Crippen molar-refractivity contribution in [3.05, 3.63) is 34.2 Å². The minimum absolute atomic E-state index is 0.206. The van der Waals surface area contributed by atoms with E-state index in [1.807, 2.05) is 0 Å². The SMILES string of the molecule is CCN1CCC(CNC(=O)c2cccc(=O)[nH]2)C1. The van der Waals surface area contributed by atoms with Crippen molar-refractivity contribution >= 4 is 5.91 Å². The lowest BCUT2D eigenvalue weighted by atomic mass is 10.1. The van der Waals surface area contributed by atoms with E-state index >= 15 is 0 Å². The Morgan fingerprint density at radius 2 is 2.39 bits per heavy atom. The summed E-state index contributed by atoms with van der Waals surface area (Å²) in [6, 6.07) is 4.60. The van der Waals surface area contributed by atoms with Gasteiger partial charge in [-0.1, -0.05) is 13.0 Å². The number of likely N-dealkylation sites (tertiary alicyclic amines) is 1. The standard InChI is InChI=1S/C13H19N3O2/c1-2-16-7-6-10(9-16)8-14-13(18)11-4-3-5-12(17)15-11/h3-5,10H,2,6-9H2,1H3,(H,14,18)(H,15,17). The molecule has 0 aromatic carbocycles. The number of nitrogens with one attached hydrogen (secondary N) is 2. The van der Waals surface area contributed by atoms with Crippen LogP contribution in [-0.2, 0) is 0 Å². The fourth-order valence-electron chi connectivity index (χ4n) is 2.28. The summed E-state index contributed by atoms with van der Waals surface area (Å²) in [6.45, 7) is 6.04. The summed E-state index contributed by atoms with van der Waals surface area (Å²) in [5.41, 5.74) is 0.0773. The third-order valence-corrected chi connectivity index (χ3v) is 3.38. The maximum Gasteiger partial charge on any atom is 0.267 e. The van der Waals surface area contributed by atoms with Crippen LogP contribution in [0.3, 0.4) is 0 Å². The molecule has 2 N–H and O–H groups in total. The number of carbonyl (C=O) groups is 1. The lowest BCUT2D eigenvalue weighted by Crippen LogP contribution is -2.32. The van der Waals surface area contributed by atoms with Gasteiger partial charge in [-0.05, 0) is 31.5 Å². The summed E-state index contributed by atoms with van der Waals surface area (Å²) in [5.74, 6) is 0.312. The molecule has 1 unspecified atom stereocenters. The van der Waals surface area contributed by atoms with Gasteiger partial charge in [0.15, 0.2) is 0 Å². The number of hydrogen-bond donors (Lipinski definition) is 2.